The van der Waals surface area contributed by atoms with E-state index < -0.39 is 29.7 Å². The number of benzene rings is 1. The lowest BCUT2D eigenvalue weighted by Crippen LogP contribution is -2.38. The molecule has 29 heavy (non-hydrogen) atoms. The summed E-state index contributed by atoms with van der Waals surface area (Å²) in [5.41, 5.74) is -0.391. The smallest absolute Gasteiger partial charge is 0.368 e. The first-order valence-electron chi connectivity index (χ1n) is 9.24. The number of amides is 2. The van der Waals surface area contributed by atoms with Crippen molar-refractivity contribution < 1.29 is 27.5 Å². The fourth-order valence-electron chi connectivity index (χ4n) is 3.53. The van der Waals surface area contributed by atoms with Gasteiger partial charge in [-0.1, -0.05) is 0 Å². The molecule has 2 aromatic rings. The Morgan fingerprint density at radius 2 is 2.03 bits per heavy atom. The second-order valence-corrected chi connectivity index (χ2v) is 7.09. The van der Waals surface area contributed by atoms with Crippen LogP contribution in [0, 0.1) is 0 Å². The van der Waals surface area contributed by atoms with Crippen LogP contribution < -0.4 is 5.32 Å². The van der Waals surface area contributed by atoms with Gasteiger partial charge in [0.05, 0.1) is 24.1 Å². The van der Waals surface area contributed by atoms with Crippen LogP contribution >= 0.6 is 0 Å². The summed E-state index contributed by atoms with van der Waals surface area (Å²) in [7, 11) is 0. The van der Waals surface area contributed by atoms with Crippen LogP contribution in [0.2, 0.25) is 0 Å². The van der Waals surface area contributed by atoms with Gasteiger partial charge in [-0.05, 0) is 31.0 Å². The molecule has 7 nitrogen and oxygen atoms in total. The fraction of sp³-hybridized carbons (Fsp3) is 0.421. The van der Waals surface area contributed by atoms with E-state index >= 15 is 0 Å². The van der Waals surface area contributed by atoms with Gasteiger partial charge in [0.15, 0.2) is 0 Å². The minimum absolute atomic E-state index is 0.0780. The van der Waals surface area contributed by atoms with Crippen LogP contribution in [0.25, 0.3) is 0 Å². The SMILES string of the molecule is O=C(Nc1cc(C(=O)N2CCn3cncc3C2)cc(C(F)(F)F)c1)[C@@H]1CCCO1. The summed E-state index contributed by atoms with van der Waals surface area (Å²) < 4.78 is 47.3. The lowest BCUT2D eigenvalue weighted by Gasteiger charge is -2.28. The molecule has 1 saturated heterocycles. The Kier molecular flexibility index (Phi) is 5.03. The molecule has 0 radical (unpaired) electrons. The monoisotopic (exact) mass is 408 g/mol. The van der Waals surface area contributed by atoms with Gasteiger partial charge in [-0.2, -0.15) is 13.2 Å². The maximum absolute atomic E-state index is 13.4. The quantitative estimate of drug-likeness (QED) is 0.847. The number of halogens is 3. The second-order valence-electron chi connectivity index (χ2n) is 7.09. The molecule has 0 unspecified atom stereocenters. The van der Waals surface area contributed by atoms with Crippen LogP contribution in [0.4, 0.5) is 18.9 Å². The summed E-state index contributed by atoms with van der Waals surface area (Å²) in [5, 5.41) is 2.46. The van der Waals surface area contributed by atoms with Crippen LogP contribution in [-0.4, -0.2) is 45.5 Å². The van der Waals surface area contributed by atoms with E-state index in [0.29, 0.717) is 26.1 Å². The van der Waals surface area contributed by atoms with Crippen molar-refractivity contribution in [2.45, 2.75) is 38.2 Å². The van der Waals surface area contributed by atoms with E-state index in [1.54, 1.807) is 12.5 Å². The molecule has 1 N–H and O–H groups in total. The molecule has 1 atom stereocenters. The first-order valence-corrected chi connectivity index (χ1v) is 9.24. The van der Waals surface area contributed by atoms with E-state index in [0.717, 1.165) is 24.2 Å². The molecule has 0 saturated carbocycles. The predicted octanol–water partition coefficient (Wildman–Crippen LogP) is 2.68. The van der Waals surface area contributed by atoms with Crippen LogP contribution in [0.15, 0.2) is 30.7 Å². The number of alkyl halides is 3. The molecule has 1 aromatic carbocycles. The Hall–Kier alpha value is -2.88. The first-order chi connectivity index (χ1) is 13.8. The van der Waals surface area contributed by atoms with Gasteiger partial charge >= 0.3 is 6.18 Å². The summed E-state index contributed by atoms with van der Waals surface area (Å²) in [6.45, 7) is 1.57. The number of hydrogen-bond donors (Lipinski definition) is 1. The van der Waals surface area contributed by atoms with Crippen LogP contribution in [0.1, 0.15) is 34.5 Å². The first kappa shape index (κ1) is 19.4. The standard InChI is InChI=1S/C19H19F3N4O3/c20-19(21,22)13-6-12(7-14(8-13)24-17(27)16-2-1-5-29-16)18(28)25-3-4-26-11-23-9-15(26)10-25/h6-9,11,16H,1-5,10H2,(H,24,27)/t16-/m0/s1. The molecule has 154 valence electrons. The maximum atomic E-state index is 13.4. The Balaban J connectivity index is 1.60. The number of ether oxygens (including phenoxy) is 1. The zero-order valence-corrected chi connectivity index (χ0v) is 15.4. The van der Waals surface area contributed by atoms with Crippen molar-refractivity contribution in [3.05, 3.63) is 47.5 Å². The average Bonchev–Trinajstić information content (AvgIpc) is 3.37. The molecule has 1 aromatic heterocycles. The van der Waals surface area contributed by atoms with Crippen molar-refractivity contribution in [3.8, 4) is 0 Å². The summed E-state index contributed by atoms with van der Waals surface area (Å²) in [6, 6.07) is 2.92. The predicted molar refractivity (Wildman–Crippen MR) is 96.0 cm³/mol. The lowest BCUT2D eigenvalue weighted by molar-refractivity contribution is -0.137. The van der Waals surface area contributed by atoms with Gasteiger partial charge in [0, 0.05) is 37.1 Å². The van der Waals surface area contributed by atoms with Crippen molar-refractivity contribution in [2.24, 2.45) is 0 Å². The summed E-state index contributed by atoms with van der Waals surface area (Å²) in [6.07, 6.45) is -0.835. The van der Waals surface area contributed by atoms with Gasteiger partial charge in [0.25, 0.3) is 11.8 Å². The van der Waals surface area contributed by atoms with Crippen molar-refractivity contribution >= 4 is 17.5 Å². The van der Waals surface area contributed by atoms with Crippen LogP contribution in [-0.2, 0) is 28.8 Å². The highest BCUT2D eigenvalue weighted by atomic mass is 19.4. The van der Waals surface area contributed by atoms with Gasteiger partial charge < -0.3 is 19.5 Å². The number of anilines is 1. The molecular formula is C19H19F3N4O3. The van der Waals surface area contributed by atoms with Gasteiger partial charge in [-0.3, -0.25) is 9.59 Å². The molecule has 0 spiro atoms. The number of nitrogens with zero attached hydrogens (tertiary/aromatic N) is 3. The van der Waals surface area contributed by atoms with Crippen molar-refractivity contribution in [1.82, 2.24) is 14.5 Å². The minimum atomic E-state index is -4.65. The molecule has 2 aliphatic rings. The van der Waals surface area contributed by atoms with E-state index in [1.165, 1.54) is 11.0 Å². The molecule has 2 aliphatic heterocycles. The second kappa shape index (κ2) is 7.51. The molecule has 3 heterocycles. The van der Waals surface area contributed by atoms with Crippen molar-refractivity contribution in [2.75, 3.05) is 18.5 Å². The Morgan fingerprint density at radius 1 is 1.21 bits per heavy atom. The molecule has 4 rings (SSSR count). The molecule has 10 heteroatoms. The van der Waals surface area contributed by atoms with Crippen molar-refractivity contribution in [3.63, 3.8) is 0 Å². The number of hydrogen-bond acceptors (Lipinski definition) is 4. The van der Waals surface area contributed by atoms with E-state index in [1.807, 2.05) is 4.57 Å². The van der Waals surface area contributed by atoms with Gasteiger partial charge in [0.2, 0.25) is 0 Å². The number of carbonyl (C=O) groups excluding carboxylic acids is 2. The number of aromatic nitrogens is 2. The van der Waals surface area contributed by atoms with E-state index in [2.05, 4.69) is 10.3 Å². The molecule has 0 aliphatic carbocycles. The number of fused-ring (bicyclic) bond motifs is 1. The third kappa shape index (κ3) is 4.12. The number of nitrogens with one attached hydrogen (secondary N) is 1. The zero-order valence-electron chi connectivity index (χ0n) is 15.4. The Labute approximate surface area is 164 Å². The minimum Gasteiger partial charge on any atom is -0.368 e. The summed E-state index contributed by atoms with van der Waals surface area (Å²) >= 11 is 0. The molecule has 2 amide bonds. The van der Waals surface area contributed by atoms with Gasteiger partial charge in [-0.15, -0.1) is 0 Å². The highest BCUT2D eigenvalue weighted by Gasteiger charge is 2.33. The van der Waals surface area contributed by atoms with Gasteiger partial charge in [-0.25, -0.2) is 4.98 Å². The summed E-state index contributed by atoms with van der Waals surface area (Å²) in [5.74, 6) is -1.04. The topological polar surface area (TPSA) is 76.5 Å². The normalized spacial score (nSPS) is 19.1. The van der Waals surface area contributed by atoms with Crippen LogP contribution in [0.5, 0.6) is 0 Å². The largest absolute Gasteiger partial charge is 0.416 e. The Morgan fingerprint density at radius 3 is 2.76 bits per heavy atom. The third-order valence-corrected chi connectivity index (χ3v) is 5.05. The third-order valence-electron chi connectivity index (χ3n) is 5.05. The average molecular weight is 408 g/mol. The summed E-state index contributed by atoms with van der Waals surface area (Å²) in [4.78, 5) is 30.6. The maximum Gasteiger partial charge on any atom is 0.416 e. The highest BCUT2D eigenvalue weighted by Crippen LogP contribution is 2.33. The van der Waals surface area contributed by atoms with E-state index in [-0.39, 0.29) is 17.8 Å². The van der Waals surface area contributed by atoms with E-state index in [4.69, 9.17) is 4.74 Å². The number of carbonyl (C=O) groups is 2. The zero-order chi connectivity index (χ0) is 20.6. The number of rotatable bonds is 3. The highest BCUT2D eigenvalue weighted by molar-refractivity contribution is 5.98. The van der Waals surface area contributed by atoms with Crippen LogP contribution in [0.3, 0.4) is 0 Å². The Bertz CT molecular complexity index is 935. The van der Waals surface area contributed by atoms with Crippen molar-refractivity contribution in [1.29, 1.82) is 0 Å². The number of imidazole rings is 1. The van der Waals surface area contributed by atoms with E-state index in [9.17, 15) is 22.8 Å². The van der Waals surface area contributed by atoms with Gasteiger partial charge in [0.1, 0.15) is 6.10 Å². The molecular weight excluding hydrogens is 389 g/mol. The molecule has 0 bridgehead atoms. The lowest BCUT2D eigenvalue weighted by atomic mass is 10.1. The molecule has 1 fully saturated rings. The fourth-order valence-corrected chi connectivity index (χ4v) is 3.53.